The van der Waals surface area contributed by atoms with E-state index in [-0.39, 0.29) is 0 Å². The van der Waals surface area contributed by atoms with Crippen molar-refractivity contribution < 1.29 is 0 Å². The third kappa shape index (κ3) is 4.89. The van der Waals surface area contributed by atoms with Crippen LogP contribution in [0.3, 0.4) is 0 Å². The number of rotatable bonds is 5. The van der Waals surface area contributed by atoms with E-state index in [4.69, 9.17) is 9.98 Å². The average molecular weight is 327 g/mol. The number of aromatic nitrogens is 1. The summed E-state index contributed by atoms with van der Waals surface area (Å²) in [7, 11) is 0. The second-order valence-electron chi connectivity index (χ2n) is 7.52. The lowest BCUT2D eigenvalue weighted by atomic mass is 9.94. The molecule has 3 nitrogen and oxygen atoms in total. The molecule has 0 amide bonds. The molecule has 0 atom stereocenters. The molecule has 1 aromatic heterocycles. The molecule has 1 N–H and O–H groups in total. The summed E-state index contributed by atoms with van der Waals surface area (Å²) in [5.41, 5.74) is 3.19. The first-order valence-electron chi connectivity index (χ1n) is 9.84. The normalized spacial score (nSPS) is 21.4. The molecule has 1 radical (unpaired) electrons. The Kier molecular flexibility index (Phi) is 6.42. The zero-order valence-corrected chi connectivity index (χ0v) is 15.4. The van der Waals surface area contributed by atoms with E-state index >= 15 is 0 Å². The monoisotopic (exact) mass is 326 g/mol. The van der Waals surface area contributed by atoms with E-state index < -0.39 is 0 Å². The van der Waals surface area contributed by atoms with Crippen LogP contribution in [0.5, 0.6) is 0 Å². The predicted octanol–water partition coefficient (Wildman–Crippen LogP) is 5.05. The molecule has 2 aliphatic rings. The minimum Gasteiger partial charge on any atom is -0.302 e. The highest BCUT2D eigenvalue weighted by atomic mass is 15.0. The summed E-state index contributed by atoms with van der Waals surface area (Å²) >= 11 is 0. The molecule has 0 spiro atoms. The molecule has 0 saturated heterocycles. The van der Waals surface area contributed by atoms with Crippen molar-refractivity contribution in [2.75, 3.05) is 0 Å². The standard InChI is InChI=1S/C21H32N3/c1-16(22-18-10-5-3-6-11-18)20-14-9-15-21(24-20)17(2)23-19-12-7-4-8-13-19/h9,14-15,18-19,22H,3-8,10-13H2,1-2H3. The van der Waals surface area contributed by atoms with Crippen LogP contribution in [0.1, 0.15) is 89.4 Å². The fourth-order valence-electron chi connectivity index (χ4n) is 4.02. The molecule has 1 aromatic rings. The lowest BCUT2D eigenvalue weighted by Gasteiger charge is -2.26. The number of nitrogens with one attached hydrogen (secondary N) is 1. The van der Waals surface area contributed by atoms with E-state index in [0.717, 1.165) is 17.1 Å². The first-order chi connectivity index (χ1) is 11.7. The zero-order valence-electron chi connectivity index (χ0n) is 15.4. The Morgan fingerprint density at radius 2 is 1.54 bits per heavy atom. The van der Waals surface area contributed by atoms with Gasteiger partial charge in [-0.2, -0.15) is 0 Å². The van der Waals surface area contributed by atoms with E-state index in [1.807, 2.05) is 0 Å². The number of hydrogen-bond acceptors (Lipinski definition) is 3. The largest absolute Gasteiger partial charge is 0.302 e. The summed E-state index contributed by atoms with van der Waals surface area (Å²) in [6.07, 6.45) is 13.2. The second-order valence-corrected chi connectivity index (χ2v) is 7.52. The molecular formula is C21H32N3. The Hall–Kier alpha value is -1.22. The van der Waals surface area contributed by atoms with Crippen LogP contribution in [0.4, 0.5) is 0 Å². The minimum absolute atomic E-state index is 0.509. The molecule has 0 unspecified atom stereocenters. The summed E-state index contributed by atoms with van der Waals surface area (Å²) < 4.78 is 0. The molecule has 2 fully saturated rings. The van der Waals surface area contributed by atoms with Gasteiger partial charge in [0, 0.05) is 6.04 Å². The van der Waals surface area contributed by atoms with E-state index in [0.29, 0.717) is 12.1 Å². The van der Waals surface area contributed by atoms with Gasteiger partial charge in [0.1, 0.15) is 0 Å². The van der Waals surface area contributed by atoms with Gasteiger partial charge in [0.25, 0.3) is 0 Å². The Balaban J connectivity index is 1.65. The second kappa shape index (κ2) is 8.75. The Morgan fingerprint density at radius 1 is 0.917 bits per heavy atom. The minimum atomic E-state index is 0.509. The number of nitrogens with zero attached hydrogens (tertiary/aromatic N) is 2. The maximum absolute atomic E-state index is 4.95. The molecule has 2 saturated carbocycles. The van der Waals surface area contributed by atoms with Crippen LogP contribution < -0.4 is 5.32 Å². The van der Waals surface area contributed by atoms with Gasteiger partial charge in [0.2, 0.25) is 0 Å². The topological polar surface area (TPSA) is 37.3 Å². The maximum Gasteiger partial charge on any atom is 0.0841 e. The lowest BCUT2D eigenvalue weighted by Crippen LogP contribution is -2.34. The Morgan fingerprint density at radius 3 is 2.25 bits per heavy atom. The van der Waals surface area contributed by atoms with Gasteiger partial charge in [-0.1, -0.05) is 44.6 Å². The lowest BCUT2D eigenvalue weighted by molar-refractivity contribution is 0.383. The van der Waals surface area contributed by atoms with Crippen LogP contribution in [0, 0.1) is 6.04 Å². The third-order valence-corrected chi connectivity index (χ3v) is 5.48. The van der Waals surface area contributed by atoms with Crippen LogP contribution in [0.15, 0.2) is 23.2 Å². The molecule has 2 aliphatic carbocycles. The van der Waals surface area contributed by atoms with Crippen LogP contribution >= 0.6 is 0 Å². The van der Waals surface area contributed by atoms with Crippen LogP contribution in [-0.2, 0) is 0 Å². The van der Waals surface area contributed by atoms with Gasteiger partial charge < -0.3 is 5.32 Å². The molecule has 0 aliphatic heterocycles. The molecule has 3 heteroatoms. The molecular weight excluding hydrogens is 294 g/mol. The van der Waals surface area contributed by atoms with E-state index in [9.17, 15) is 0 Å². The SMILES string of the molecule is C[C](NC1CCCCC1)c1cccc(C(C)=NC2CCCCC2)n1. The van der Waals surface area contributed by atoms with Crippen LogP contribution in [0.2, 0.25) is 0 Å². The van der Waals surface area contributed by atoms with Gasteiger partial charge in [0.15, 0.2) is 0 Å². The molecule has 1 heterocycles. The third-order valence-electron chi connectivity index (χ3n) is 5.48. The molecule has 3 rings (SSSR count). The Labute approximate surface area is 147 Å². The molecule has 0 aromatic carbocycles. The highest BCUT2D eigenvalue weighted by Gasteiger charge is 2.18. The van der Waals surface area contributed by atoms with Gasteiger partial charge in [0.05, 0.1) is 29.2 Å². The van der Waals surface area contributed by atoms with Crippen molar-refractivity contribution in [1.82, 2.24) is 10.3 Å². The summed E-state index contributed by atoms with van der Waals surface area (Å²) in [4.78, 5) is 9.82. The van der Waals surface area contributed by atoms with Gasteiger partial charge >= 0.3 is 0 Å². The maximum atomic E-state index is 4.95. The van der Waals surface area contributed by atoms with Crippen molar-refractivity contribution in [2.24, 2.45) is 4.99 Å². The Bertz CT molecular complexity index is 540. The quantitative estimate of drug-likeness (QED) is 0.769. The van der Waals surface area contributed by atoms with Crippen molar-refractivity contribution >= 4 is 5.71 Å². The summed E-state index contributed by atoms with van der Waals surface area (Å²) in [6, 6.07) is 8.66. The van der Waals surface area contributed by atoms with Crippen molar-refractivity contribution in [3.05, 3.63) is 35.6 Å². The first-order valence-corrected chi connectivity index (χ1v) is 9.84. The van der Waals surface area contributed by atoms with Crippen molar-refractivity contribution in [3.63, 3.8) is 0 Å². The number of pyridine rings is 1. The zero-order chi connectivity index (χ0) is 16.8. The molecule has 131 valence electrons. The van der Waals surface area contributed by atoms with E-state index in [1.165, 1.54) is 70.3 Å². The fourth-order valence-corrected chi connectivity index (χ4v) is 4.02. The van der Waals surface area contributed by atoms with Gasteiger partial charge in [-0.15, -0.1) is 0 Å². The van der Waals surface area contributed by atoms with Crippen LogP contribution in [0.25, 0.3) is 0 Å². The summed E-state index contributed by atoms with van der Waals surface area (Å²) in [5, 5.41) is 3.70. The van der Waals surface area contributed by atoms with Gasteiger partial charge in [-0.3, -0.25) is 4.99 Å². The summed E-state index contributed by atoms with van der Waals surface area (Å²) in [5.74, 6) is 0. The number of hydrogen-bond donors (Lipinski definition) is 1. The van der Waals surface area contributed by atoms with Gasteiger partial charge in [-0.05, 0) is 51.7 Å². The molecule has 24 heavy (non-hydrogen) atoms. The number of aliphatic imine (C=N–C) groups is 1. The van der Waals surface area contributed by atoms with Crippen molar-refractivity contribution in [1.29, 1.82) is 0 Å². The van der Waals surface area contributed by atoms with E-state index in [2.05, 4.69) is 37.4 Å². The van der Waals surface area contributed by atoms with E-state index in [1.54, 1.807) is 0 Å². The fraction of sp³-hybridized carbons (Fsp3) is 0.667. The predicted molar refractivity (Wildman–Crippen MR) is 101 cm³/mol. The van der Waals surface area contributed by atoms with Gasteiger partial charge in [-0.25, -0.2) is 4.98 Å². The highest BCUT2D eigenvalue weighted by molar-refractivity contribution is 5.97. The summed E-state index contributed by atoms with van der Waals surface area (Å²) in [6.45, 7) is 4.28. The first kappa shape index (κ1) is 17.6. The smallest absolute Gasteiger partial charge is 0.0841 e. The highest BCUT2D eigenvalue weighted by Crippen LogP contribution is 2.22. The van der Waals surface area contributed by atoms with Crippen molar-refractivity contribution in [3.8, 4) is 0 Å². The molecule has 0 bridgehead atoms. The van der Waals surface area contributed by atoms with Crippen LogP contribution in [-0.4, -0.2) is 22.8 Å². The van der Waals surface area contributed by atoms with Crippen molar-refractivity contribution in [2.45, 2.75) is 90.1 Å². The average Bonchev–Trinajstić information content (AvgIpc) is 2.63.